The zero-order valence-electron chi connectivity index (χ0n) is 11.3. The van der Waals surface area contributed by atoms with Crippen LogP contribution in [-0.4, -0.2) is 25.8 Å². The smallest absolute Gasteiger partial charge is 0.375 e. The van der Waals surface area contributed by atoms with Crippen LogP contribution in [-0.2, 0) is 12.8 Å². The zero-order valence-corrected chi connectivity index (χ0v) is 11.3. The molecule has 1 heterocycles. The van der Waals surface area contributed by atoms with E-state index in [0.29, 0.717) is 12.2 Å². The fourth-order valence-corrected chi connectivity index (χ4v) is 2.04. The van der Waals surface area contributed by atoms with Crippen LogP contribution in [0.5, 0.6) is 0 Å². The van der Waals surface area contributed by atoms with E-state index in [1.165, 1.54) is 11.1 Å². The van der Waals surface area contributed by atoms with E-state index < -0.39 is 5.97 Å². The Balaban J connectivity index is 2.54. The molecule has 1 N–H and O–H groups in total. The highest BCUT2D eigenvalue weighted by Gasteiger charge is 2.15. The van der Waals surface area contributed by atoms with Crippen LogP contribution in [0, 0.1) is 6.92 Å². The molecule has 0 unspecified atom stereocenters. The maximum Gasteiger partial charge on any atom is 0.375 e. The van der Waals surface area contributed by atoms with Gasteiger partial charge in [-0.3, -0.25) is 0 Å². The third-order valence-corrected chi connectivity index (χ3v) is 3.14. The van der Waals surface area contributed by atoms with Crippen LogP contribution in [0.4, 0.5) is 0 Å². The van der Waals surface area contributed by atoms with Gasteiger partial charge in [0.25, 0.3) is 5.82 Å². The molecule has 19 heavy (non-hydrogen) atoms. The Bertz CT molecular complexity index is 617. The van der Waals surface area contributed by atoms with Crippen LogP contribution >= 0.6 is 0 Å². The first-order valence-electron chi connectivity index (χ1n) is 6.36. The van der Waals surface area contributed by atoms with Gasteiger partial charge in [0.1, 0.15) is 5.82 Å². The zero-order chi connectivity index (χ0) is 14.0. The van der Waals surface area contributed by atoms with Crippen LogP contribution in [0.15, 0.2) is 18.2 Å². The number of aromatic nitrogens is 3. The Morgan fingerprint density at radius 1 is 1.32 bits per heavy atom. The highest BCUT2D eigenvalue weighted by Crippen LogP contribution is 2.16. The van der Waals surface area contributed by atoms with Gasteiger partial charge in [0.05, 0.1) is 5.69 Å². The molecule has 100 valence electrons. The molecule has 5 nitrogen and oxygen atoms in total. The first kappa shape index (κ1) is 13.3. The van der Waals surface area contributed by atoms with Crippen molar-refractivity contribution in [2.24, 2.45) is 0 Å². The fraction of sp³-hybridized carbons (Fsp3) is 0.357. The lowest BCUT2D eigenvalue weighted by Gasteiger charge is -2.08. The van der Waals surface area contributed by atoms with E-state index in [2.05, 4.69) is 23.9 Å². The second kappa shape index (κ2) is 5.22. The first-order valence-corrected chi connectivity index (χ1v) is 6.36. The minimum absolute atomic E-state index is 0.157. The van der Waals surface area contributed by atoms with Gasteiger partial charge in [0.2, 0.25) is 0 Å². The average molecular weight is 259 g/mol. The van der Waals surface area contributed by atoms with Gasteiger partial charge < -0.3 is 5.11 Å². The van der Waals surface area contributed by atoms with E-state index in [0.717, 1.165) is 12.1 Å². The summed E-state index contributed by atoms with van der Waals surface area (Å²) in [4.78, 5) is 15.0. The Morgan fingerprint density at radius 2 is 2.05 bits per heavy atom. The van der Waals surface area contributed by atoms with Crippen molar-refractivity contribution in [2.45, 2.75) is 33.6 Å². The topological polar surface area (TPSA) is 68.0 Å². The van der Waals surface area contributed by atoms with E-state index in [1.54, 1.807) is 4.68 Å². The number of hydrogen-bond acceptors (Lipinski definition) is 3. The minimum Gasteiger partial charge on any atom is -0.475 e. The highest BCUT2D eigenvalue weighted by molar-refractivity contribution is 5.83. The Morgan fingerprint density at radius 3 is 2.63 bits per heavy atom. The lowest BCUT2D eigenvalue weighted by molar-refractivity contribution is 0.0683. The molecular weight excluding hydrogens is 242 g/mol. The van der Waals surface area contributed by atoms with Crippen LogP contribution in [0.3, 0.4) is 0 Å². The molecule has 0 atom stereocenters. The number of carboxylic acids is 1. The highest BCUT2D eigenvalue weighted by atomic mass is 16.4. The molecule has 0 aliphatic heterocycles. The summed E-state index contributed by atoms with van der Waals surface area (Å²) < 4.78 is 1.61. The Kier molecular flexibility index (Phi) is 3.64. The number of nitrogens with zero attached hydrogens (tertiary/aromatic N) is 3. The van der Waals surface area contributed by atoms with E-state index >= 15 is 0 Å². The molecule has 2 aromatic rings. The number of hydrogen-bond donors (Lipinski definition) is 1. The van der Waals surface area contributed by atoms with Gasteiger partial charge in [0.15, 0.2) is 0 Å². The predicted octanol–water partition coefficient (Wildman–Crippen LogP) is 2.40. The summed E-state index contributed by atoms with van der Waals surface area (Å²) >= 11 is 0. The molecule has 0 fully saturated rings. The molecule has 0 saturated carbocycles. The molecule has 0 aliphatic rings. The van der Waals surface area contributed by atoms with Gasteiger partial charge in [-0.25, -0.2) is 14.5 Å². The van der Waals surface area contributed by atoms with Gasteiger partial charge in [-0.2, -0.15) is 0 Å². The van der Waals surface area contributed by atoms with Crippen molar-refractivity contribution in [1.29, 1.82) is 0 Å². The molecule has 0 bridgehead atoms. The Labute approximate surface area is 111 Å². The lowest BCUT2D eigenvalue weighted by atomic mass is 10.1. The maximum absolute atomic E-state index is 11.0. The van der Waals surface area contributed by atoms with Crippen LogP contribution in [0.25, 0.3) is 5.69 Å². The van der Waals surface area contributed by atoms with Gasteiger partial charge in [-0.15, -0.1) is 5.10 Å². The molecule has 5 heteroatoms. The summed E-state index contributed by atoms with van der Waals surface area (Å²) in [6.45, 7) is 6.09. The summed E-state index contributed by atoms with van der Waals surface area (Å²) in [7, 11) is 0. The summed E-state index contributed by atoms with van der Waals surface area (Å²) in [6.07, 6.45) is 1.57. The number of carbonyl (C=O) groups is 1. The third kappa shape index (κ3) is 2.50. The van der Waals surface area contributed by atoms with E-state index in [4.69, 9.17) is 5.11 Å². The second-order valence-electron chi connectivity index (χ2n) is 4.39. The van der Waals surface area contributed by atoms with Gasteiger partial charge >= 0.3 is 5.97 Å². The van der Waals surface area contributed by atoms with Gasteiger partial charge in [-0.1, -0.05) is 19.9 Å². The predicted molar refractivity (Wildman–Crippen MR) is 71.8 cm³/mol. The standard InChI is InChI=1S/C14H17N3O2/c1-4-10-8-11(7-6-9(10)3)17-12(5-2)15-13(16-17)14(18)19/h6-8H,4-5H2,1-3H3,(H,18,19). The van der Waals surface area contributed by atoms with Crippen molar-refractivity contribution in [3.8, 4) is 5.69 Å². The number of benzene rings is 1. The average Bonchev–Trinajstić information content (AvgIpc) is 2.83. The summed E-state index contributed by atoms with van der Waals surface area (Å²) in [5.41, 5.74) is 3.31. The number of aryl methyl sites for hydroxylation is 3. The lowest BCUT2D eigenvalue weighted by Crippen LogP contribution is -2.04. The molecular formula is C14H17N3O2. The molecule has 0 amide bonds. The second-order valence-corrected chi connectivity index (χ2v) is 4.39. The van der Waals surface area contributed by atoms with Crippen LogP contribution in [0.1, 0.15) is 41.4 Å². The molecule has 0 aliphatic carbocycles. The minimum atomic E-state index is -1.10. The number of rotatable bonds is 4. The van der Waals surface area contributed by atoms with E-state index in [-0.39, 0.29) is 5.82 Å². The third-order valence-electron chi connectivity index (χ3n) is 3.14. The van der Waals surface area contributed by atoms with Crippen molar-refractivity contribution in [3.63, 3.8) is 0 Å². The number of aromatic carboxylic acids is 1. The fourth-order valence-electron chi connectivity index (χ4n) is 2.04. The summed E-state index contributed by atoms with van der Waals surface area (Å²) in [6, 6.07) is 6.00. The quantitative estimate of drug-likeness (QED) is 0.915. The van der Waals surface area contributed by atoms with E-state index in [9.17, 15) is 4.79 Å². The van der Waals surface area contributed by atoms with Crippen LogP contribution in [0.2, 0.25) is 0 Å². The molecule has 2 rings (SSSR count). The monoisotopic (exact) mass is 259 g/mol. The van der Waals surface area contributed by atoms with Gasteiger partial charge in [0, 0.05) is 6.42 Å². The Hall–Kier alpha value is -2.17. The molecule has 0 radical (unpaired) electrons. The summed E-state index contributed by atoms with van der Waals surface area (Å²) in [5.74, 6) is -0.602. The summed E-state index contributed by atoms with van der Waals surface area (Å²) in [5, 5.41) is 13.0. The van der Waals surface area contributed by atoms with Crippen LogP contribution < -0.4 is 0 Å². The van der Waals surface area contributed by atoms with Crippen molar-refractivity contribution in [3.05, 3.63) is 41.0 Å². The molecule has 0 saturated heterocycles. The van der Waals surface area contributed by atoms with Crippen molar-refractivity contribution in [1.82, 2.24) is 14.8 Å². The van der Waals surface area contributed by atoms with E-state index in [1.807, 2.05) is 25.1 Å². The maximum atomic E-state index is 11.0. The molecule has 1 aromatic carbocycles. The normalized spacial score (nSPS) is 10.7. The number of carboxylic acid groups (broad SMARTS) is 1. The van der Waals surface area contributed by atoms with Gasteiger partial charge in [-0.05, 0) is 36.6 Å². The van der Waals surface area contributed by atoms with Crippen molar-refractivity contribution < 1.29 is 9.90 Å². The SMILES string of the molecule is CCc1cc(-n2nc(C(=O)O)nc2CC)ccc1C. The molecule has 1 aromatic heterocycles. The first-order chi connectivity index (χ1) is 9.06. The molecule has 0 spiro atoms. The van der Waals surface area contributed by atoms with Crippen molar-refractivity contribution in [2.75, 3.05) is 0 Å². The van der Waals surface area contributed by atoms with Crippen molar-refractivity contribution >= 4 is 5.97 Å². The largest absolute Gasteiger partial charge is 0.475 e.